The highest BCUT2D eigenvalue weighted by Gasteiger charge is 2.31. The van der Waals surface area contributed by atoms with Gasteiger partial charge in [-0.1, -0.05) is 0 Å². The summed E-state index contributed by atoms with van der Waals surface area (Å²) in [5.74, 6) is 0.797. The molecule has 2 aromatic carbocycles. The number of fused-ring (bicyclic) bond motifs is 1. The van der Waals surface area contributed by atoms with E-state index in [1.807, 2.05) is 21.6 Å². The van der Waals surface area contributed by atoms with Gasteiger partial charge in [0.1, 0.15) is 34.4 Å². The van der Waals surface area contributed by atoms with Crippen LogP contribution in [0.4, 0.5) is 16.1 Å². The van der Waals surface area contributed by atoms with Crippen molar-refractivity contribution < 1.29 is 18.3 Å². The van der Waals surface area contributed by atoms with Gasteiger partial charge in [-0.2, -0.15) is 4.98 Å². The minimum absolute atomic E-state index is 0.0975. The molecule has 0 aliphatic carbocycles. The van der Waals surface area contributed by atoms with Gasteiger partial charge in [0.05, 0.1) is 18.3 Å². The molecule has 2 aromatic heterocycles. The third-order valence-corrected chi connectivity index (χ3v) is 6.11. The van der Waals surface area contributed by atoms with Crippen molar-refractivity contribution in [3.8, 4) is 17.1 Å². The highest BCUT2D eigenvalue weighted by Crippen LogP contribution is 2.41. The quantitative estimate of drug-likeness (QED) is 0.505. The molecule has 0 bridgehead atoms. The number of aldehydes is 1. The number of hydrogen-bond donors (Lipinski definition) is 1. The first-order valence-corrected chi connectivity index (χ1v) is 10.4. The molecule has 1 fully saturated rings. The Morgan fingerprint density at radius 2 is 2.10 bits per heavy atom. The average molecular weight is 421 g/mol. The lowest BCUT2D eigenvalue weighted by molar-refractivity contribution is -0.108. The number of benzene rings is 2. The molecule has 2 N–H and O–H groups in total. The van der Waals surface area contributed by atoms with Crippen molar-refractivity contribution in [2.75, 3.05) is 23.8 Å². The first kappa shape index (κ1) is 18.2. The summed E-state index contributed by atoms with van der Waals surface area (Å²) in [5, 5.41) is 0. The van der Waals surface area contributed by atoms with Crippen LogP contribution < -0.4 is 15.4 Å². The zero-order valence-corrected chi connectivity index (χ0v) is 16.7. The predicted molar refractivity (Wildman–Crippen MR) is 114 cm³/mol. The molecule has 9 heteroatoms. The third-order valence-electron chi connectivity index (χ3n) is 6.11. The first-order valence-electron chi connectivity index (χ1n) is 10.4. The van der Waals surface area contributed by atoms with Crippen molar-refractivity contribution in [1.29, 1.82) is 0 Å². The number of nitrogen functional groups attached to an aromatic ring is 1. The summed E-state index contributed by atoms with van der Waals surface area (Å²) < 4.78 is 29.1. The summed E-state index contributed by atoms with van der Waals surface area (Å²) in [4.78, 5) is 22.2. The minimum atomic E-state index is -0.426. The lowest BCUT2D eigenvalue weighted by Gasteiger charge is -2.24. The number of hydrogen-bond acceptors (Lipinski definition) is 7. The van der Waals surface area contributed by atoms with E-state index in [9.17, 15) is 4.79 Å². The molecular formula is C22H20FN5O3. The minimum Gasteiger partial charge on any atom is -0.491 e. The Bertz CT molecular complexity index is 1340. The maximum absolute atomic E-state index is 15.7. The first-order chi connectivity index (χ1) is 15.1. The van der Waals surface area contributed by atoms with E-state index < -0.39 is 5.82 Å². The maximum atomic E-state index is 15.7. The van der Waals surface area contributed by atoms with Gasteiger partial charge in [-0.25, -0.2) is 9.37 Å². The molecule has 4 heterocycles. The Morgan fingerprint density at radius 1 is 1.19 bits per heavy atom. The average Bonchev–Trinajstić information content (AvgIpc) is 3.44. The number of nitrogens with zero attached hydrogens (tertiary/aromatic N) is 4. The van der Waals surface area contributed by atoms with Crippen molar-refractivity contribution in [3.63, 3.8) is 0 Å². The number of carbonyl (C=O) groups is 1. The van der Waals surface area contributed by atoms with Crippen LogP contribution in [-0.2, 0) is 11.3 Å². The van der Waals surface area contributed by atoms with E-state index in [0.29, 0.717) is 53.6 Å². The van der Waals surface area contributed by atoms with Crippen LogP contribution in [0.25, 0.3) is 33.5 Å². The Balaban J connectivity index is 1.58. The highest BCUT2D eigenvalue weighted by molar-refractivity contribution is 5.92. The van der Waals surface area contributed by atoms with Gasteiger partial charge in [0.25, 0.3) is 6.01 Å². The van der Waals surface area contributed by atoms with Crippen molar-refractivity contribution in [3.05, 3.63) is 30.1 Å². The fourth-order valence-corrected chi connectivity index (χ4v) is 4.71. The van der Waals surface area contributed by atoms with Crippen LogP contribution in [0.5, 0.6) is 5.75 Å². The number of imidazole rings is 1. The number of ether oxygens (including phenoxy) is 1. The van der Waals surface area contributed by atoms with E-state index >= 15 is 4.39 Å². The molecule has 2 aliphatic heterocycles. The van der Waals surface area contributed by atoms with E-state index in [0.717, 1.165) is 31.1 Å². The number of carbonyl (C=O) groups excluding carboxylic acids is 1. The number of halogens is 1. The molecule has 31 heavy (non-hydrogen) atoms. The van der Waals surface area contributed by atoms with Gasteiger partial charge >= 0.3 is 0 Å². The smallest absolute Gasteiger partial charge is 0.292 e. The Morgan fingerprint density at radius 3 is 2.97 bits per heavy atom. The van der Waals surface area contributed by atoms with Gasteiger partial charge in [0, 0.05) is 24.7 Å². The lowest BCUT2D eigenvalue weighted by atomic mass is 10.2. The Labute approximate surface area is 176 Å². The summed E-state index contributed by atoms with van der Waals surface area (Å²) in [5.41, 5.74) is 8.92. The number of anilines is 2. The highest BCUT2D eigenvalue weighted by atomic mass is 19.1. The van der Waals surface area contributed by atoms with Gasteiger partial charge in [-0.3, -0.25) is 0 Å². The number of nitrogens with two attached hydrogens (primary N) is 1. The Hall–Kier alpha value is -3.62. The van der Waals surface area contributed by atoms with E-state index in [4.69, 9.17) is 19.9 Å². The number of oxazole rings is 1. The van der Waals surface area contributed by atoms with E-state index in [2.05, 4.69) is 4.98 Å². The summed E-state index contributed by atoms with van der Waals surface area (Å²) in [7, 11) is 0. The van der Waals surface area contributed by atoms with Gasteiger partial charge in [0.2, 0.25) is 0 Å². The second-order valence-electron chi connectivity index (χ2n) is 7.97. The van der Waals surface area contributed by atoms with Gasteiger partial charge in [0.15, 0.2) is 11.4 Å². The second-order valence-corrected chi connectivity index (χ2v) is 7.97. The van der Waals surface area contributed by atoms with Crippen molar-refractivity contribution in [2.45, 2.75) is 31.8 Å². The molecule has 0 unspecified atom stereocenters. The molecule has 158 valence electrons. The molecule has 4 aromatic rings. The predicted octanol–water partition coefficient (Wildman–Crippen LogP) is 3.52. The number of aromatic nitrogens is 3. The topological polar surface area (TPSA) is 99.4 Å². The van der Waals surface area contributed by atoms with Crippen LogP contribution in [0.3, 0.4) is 0 Å². The maximum Gasteiger partial charge on any atom is 0.292 e. The van der Waals surface area contributed by atoms with Crippen LogP contribution in [-0.4, -0.2) is 40.0 Å². The van der Waals surface area contributed by atoms with E-state index in [1.165, 1.54) is 0 Å². The number of rotatable bonds is 3. The molecule has 0 spiro atoms. The summed E-state index contributed by atoms with van der Waals surface area (Å²) in [6, 6.07) is 6.98. The van der Waals surface area contributed by atoms with Gasteiger partial charge in [-0.05, 0) is 37.5 Å². The van der Waals surface area contributed by atoms with Crippen LogP contribution in [0.15, 0.2) is 28.7 Å². The van der Waals surface area contributed by atoms with Crippen molar-refractivity contribution in [2.24, 2.45) is 0 Å². The van der Waals surface area contributed by atoms with E-state index in [1.54, 1.807) is 12.1 Å². The molecule has 0 radical (unpaired) electrons. The fourth-order valence-electron chi connectivity index (χ4n) is 4.71. The number of aryl methyl sites for hydroxylation is 1. The van der Waals surface area contributed by atoms with Gasteiger partial charge < -0.3 is 29.1 Å². The second kappa shape index (κ2) is 6.69. The third kappa shape index (κ3) is 2.69. The van der Waals surface area contributed by atoms with Crippen LogP contribution in [0, 0.1) is 5.82 Å². The van der Waals surface area contributed by atoms with Crippen LogP contribution >= 0.6 is 0 Å². The lowest BCUT2D eigenvalue weighted by Crippen LogP contribution is -2.31. The largest absolute Gasteiger partial charge is 0.491 e. The molecule has 2 aliphatic rings. The standard InChI is InChI=1S/C22H20FN5O3/c23-18-15(27-6-1-3-13(27)11-29)10-17-20-19(18)26-21(28(20)7-2-8-30-17)12-4-5-16-14(9-12)25-22(24)31-16/h4-5,9-11,13H,1-3,6-8H2,(H2,24,25)/t13-/m0/s1. The summed E-state index contributed by atoms with van der Waals surface area (Å²) >= 11 is 0. The molecule has 1 saturated heterocycles. The SMILES string of the molecule is Nc1nc2cc(-c3nc4c(F)c(N5CCC[C@H]5C=O)cc5c4n3CCCO5)ccc2o1. The van der Waals surface area contributed by atoms with Crippen LogP contribution in [0.2, 0.25) is 0 Å². The van der Waals surface area contributed by atoms with Crippen molar-refractivity contribution >= 4 is 40.1 Å². The zero-order valence-electron chi connectivity index (χ0n) is 16.7. The fraction of sp³-hybridized carbons (Fsp3) is 0.318. The van der Waals surface area contributed by atoms with Gasteiger partial charge in [-0.15, -0.1) is 0 Å². The zero-order chi connectivity index (χ0) is 21.1. The molecule has 0 saturated carbocycles. The summed E-state index contributed by atoms with van der Waals surface area (Å²) in [6.45, 7) is 1.80. The van der Waals surface area contributed by atoms with Crippen molar-refractivity contribution in [1.82, 2.24) is 14.5 Å². The molecule has 6 rings (SSSR count). The molecular weight excluding hydrogens is 401 g/mol. The summed E-state index contributed by atoms with van der Waals surface area (Å²) in [6.07, 6.45) is 3.22. The normalized spacial score (nSPS) is 18.5. The Kier molecular flexibility index (Phi) is 3.92. The monoisotopic (exact) mass is 421 g/mol. The van der Waals surface area contributed by atoms with Crippen LogP contribution in [0.1, 0.15) is 19.3 Å². The van der Waals surface area contributed by atoms with E-state index in [-0.39, 0.29) is 17.6 Å². The molecule has 1 atom stereocenters. The molecule has 8 nitrogen and oxygen atoms in total. The molecule has 0 amide bonds.